The second kappa shape index (κ2) is 104. The van der Waals surface area contributed by atoms with Crippen LogP contribution in [0.15, 0.2) is 0 Å². The molecule has 0 saturated carbocycles. The van der Waals surface area contributed by atoms with E-state index in [0.29, 0.717) is 6.61 Å². The molecule has 0 rings (SSSR count). The van der Waals surface area contributed by atoms with Crippen molar-refractivity contribution < 1.29 is 54.3 Å². The number of hydrogen-bond acceptors (Lipinski definition) is 5. The molecule has 0 amide bonds. The first-order chi connectivity index (χ1) is 8.74. The minimum Gasteiger partial charge on any atom is -0.447 e. The Kier molecular flexibility index (Phi) is 304. The van der Waals surface area contributed by atoms with Crippen LogP contribution < -0.4 is 0 Å². The maximum atomic E-state index is 7.88. The quantitative estimate of drug-likeness (QED) is 0.344. The average molecular weight is 566 g/mol. The van der Waals surface area contributed by atoms with Crippen LogP contribution in [0.25, 0.3) is 0 Å². The van der Waals surface area contributed by atoms with E-state index >= 15 is 0 Å². The van der Waals surface area contributed by atoms with Gasteiger partial charge in [0.2, 0.25) is 0 Å². The van der Waals surface area contributed by atoms with Crippen molar-refractivity contribution in [3.63, 3.8) is 0 Å². The van der Waals surface area contributed by atoms with Gasteiger partial charge >= 0.3 is 0 Å². The molecule has 0 aliphatic rings. The van der Waals surface area contributed by atoms with E-state index in [-0.39, 0.29) is 112 Å². The molecule has 11 heteroatoms. The third-order valence-electron chi connectivity index (χ3n) is 1.13. The zero-order valence-corrected chi connectivity index (χ0v) is 23.2. The SMILES string of the molecule is C.C.C.C.C.C.C.C.CCC.CCCO.C[SiH2]O[SiH2]O[SiH2]O[SiH2]O[SiH2]C.[Y]. The zero-order chi connectivity index (χ0) is 14.5. The molecule has 0 aliphatic carbocycles. The molecule has 0 saturated heterocycles. The van der Waals surface area contributed by atoms with E-state index < -0.39 is 30.0 Å². The van der Waals surface area contributed by atoms with E-state index in [9.17, 15) is 0 Å². The van der Waals surface area contributed by atoms with Crippen molar-refractivity contribution in [1.29, 1.82) is 0 Å². The van der Waals surface area contributed by atoms with Crippen LogP contribution in [0.4, 0.5) is 0 Å². The molecule has 0 aromatic carbocycles. The standard InChI is InChI=1S/C3H8O.C3H8.C2H16O4Si5.8CH4.Y/c1-2-3-4;1-3-2;1-7-3-9-5-11-6-10-4-8-2;;;;;;;;;/h4H,2-3H2,1H3;3H2,1-2H3;7-11H2,1-2H3;8*1H4;. The first-order valence-electron chi connectivity index (χ1n) is 6.66. The summed E-state index contributed by atoms with van der Waals surface area (Å²) in [6.07, 6.45) is 2.12. The van der Waals surface area contributed by atoms with Crippen molar-refractivity contribution in [2.45, 2.75) is 106 Å². The molecule has 0 aromatic heterocycles. The Morgan fingerprint density at radius 2 is 0.778 bits per heavy atom. The second-order valence-electron chi connectivity index (χ2n) is 3.18. The first kappa shape index (κ1) is 78.7. The number of aliphatic hydroxyl groups excluding tert-OH is 1. The normalized spacial score (nSPS) is 8.22. The van der Waals surface area contributed by atoms with Gasteiger partial charge in [-0.3, -0.25) is 0 Å². The van der Waals surface area contributed by atoms with Gasteiger partial charge in [0.05, 0.1) is 0 Å². The fourth-order valence-corrected chi connectivity index (χ4v) is 6.89. The van der Waals surface area contributed by atoms with Crippen LogP contribution in [0.2, 0.25) is 13.1 Å². The predicted octanol–water partition coefficient (Wildman–Crippen LogP) is 3.20. The van der Waals surface area contributed by atoms with E-state index in [1.165, 1.54) is 6.42 Å². The molecule has 27 heavy (non-hydrogen) atoms. The van der Waals surface area contributed by atoms with Crippen LogP contribution >= 0.6 is 0 Å². The van der Waals surface area contributed by atoms with Crippen molar-refractivity contribution >= 4 is 49.5 Å². The molecular formula is C16H64O5Si5Y. The van der Waals surface area contributed by atoms with Gasteiger partial charge in [-0.1, -0.05) is 99.7 Å². The van der Waals surface area contributed by atoms with Crippen molar-refractivity contribution in [2.75, 3.05) is 6.61 Å². The molecule has 0 atom stereocenters. The third-order valence-corrected chi connectivity index (χ3v) is 8.40. The van der Waals surface area contributed by atoms with Crippen LogP contribution in [-0.4, -0.2) is 61.3 Å². The number of rotatable bonds is 9. The van der Waals surface area contributed by atoms with E-state index in [4.69, 9.17) is 21.6 Å². The van der Waals surface area contributed by atoms with Gasteiger partial charge in [-0.15, -0.1) is 0 Å². The summed E-state index contributed by atoms with van der Waals surface area (Å²) < 4.78 is 21.0. The molecule has 0 aliphatic heterocycles. The maximum Gasteiger partial charge on any atom is 0.286 e. The molecule has 0 aromatic rings. The molecule has 5 nitrogen and oxygen atoms in total. The van der Waals surface area contributed by atoms with E-state index in [1.807, 2.05) is 6.92 Å². The molecular weight excluding hydrogens is 502 g/mol. The van der Waals surface area contributed by atoms with Gasteiger partial charge < -0.3 is 21.6 Å². The number of hydrogen-bond donors (Lipinski definition) is 1. The topological polar surface area (TPSA) is 57.2 Å². The van der Waals surface area contributed by atoms with E-state index in [1.54, 1.807) is 0 Å². The smallest absolute Gasteiger partial charge is 0.286 e. The monoisotopic (exact) mass is 565 g/mol. The molecule has 0 unspecified atom stereocenters. The summed E-state index contributed by atoms with van der Waals surface area (Å²) in [4.78, 5) is 0. The molecule has 181 valence electrons. The van der Waals surface area contributed by atoms with Gasteiger partial charge in [-0.25, -0.2) is 0 Å². The summed E-state index contributed by atoms with van der Waals surface area (Å²) in [6.45, 7) is 10.7. The number of aliphatic hydroxyl groups is 1. The Bertz CT molecular complexity index is 117. The molecule has 0 spiro atoms. The van der Waals surface area contributed by atoms with Crippen LogP contribution in [0, 0.1) is 0 Å². The molecule has 1 radical (unpaired) electrons. The second-order valence-corrected chi connectivity index (χ2v) is 11.6. The Balaban J connectivity index is -0.0000000126. The van der Waals surface area contributed by atoms with Crippen molar-refractivity contribution in [3.8, 4) is 0 Å². The minimum absolute atomic E-state index is 0. The average Bonchev–Trinajstić information content (AvgIpc) is 2.39. The van der Waals surface area contributed by atoms with Gasteiger partial charge in [0.1, 0.15) is 19.5 Å². The Labute approximate surface area is 215 Å². The Morgan fingerprint density at radius 3 is 0.926 bits per heavy atom. The van der Waals surface area contributed by atoms with Crippen molar-refractivity contribution in [3.05, 3.63) is 0 Å². The van der Waals surface area contributed by atoms with Crippen LogP contribution in [0.3, 0.4) is 0 Å². The van der Waals surface area contributed by atoms with Gasteiger partial charge in [0.25, 0.3) is 30.0 Å². The van der Waals surface area contributed by atoms with Crippen LogP contribution in [-0.2, 0) is 49.2 Å². The van der Waals surface area contributed by atoms with Crippen molar-refractivity contribution in [1.82, 2.24) is 0 Å². The Morgan fingerprint density at radius 1 is 0.593 bits per heavy atom. The fraction of sp³-hybridized carbons (Fsp3) is 1.00. The largest absolute Gasteiger partial charge is 0.447 e. The van der Waals surface area contributed by atoms with Crippen LogP contribution in [0.5, 0.6) is 0 Å². The zero-order valence-electron chi connectivity index (χ0n) is 13.3. The molecule has 1 N–H and O–H groups in total. The maximum absolute atomic E-state index is 7.88. The van der Waals surface area contributed by atoms with E-state index in [2.05, 4.69) is 26.9 Å². The summed E-state index contributed by atoms with van der Waals surface area (Å²) >= 11 is 0. The fourth-order valence-electron chi connectivity index (χ4n) is 0.411. The molecule has 0 fully saturated rings. The van der Waals surface area contributed by atoms with Crippen LogP contribution in [0.1, 0.15) is 93.0 Å². The minimum atomic E-state index is -0.711. The van der Waals surface area contributed by atoms with Gasteiger partial charge in [-0.05, 0) is 6.42 Å². The molecule has 0 bridgehead atoms. The summed E-state index contributed by atoms with van der Waals surface area (Å²) in [6, 6.07) is 0. The molecule has 0 heterocycles. The summed E-state index contributed by atoms with van der Waals surface area (Å²) in [7, 11) is -2.48. The predicted molar refractivity (Wildman–Crippen MR) is 146 cm³/mol. The van der Waals surface area contributed by atoms with Gasteiger partial charge in [0, 0.05) is 39.3 Å². The van der Waals surface area contributed by atoms with Crippen molar-refractivity contribution in [2.24, 2.45) is 0 Å². The summed E-state index contributed by atoms with van der Waals surface area (Å²) in [5.74, 6) is 0. The van der Waals surface area contributed by atoms with E-state index in [0.717, 1.165) is 6.42 Å². The van der Waals surface area contributed by atoms with Gasteiger partial charge in [-0.2, -0.15) is 0 Å². The Hall–Kier alpha value is 1.99. The third kappa shape index (κ3) is 157. The van der Waals surface area contributed by atoms with Gasteiger partial charge in [0.15, 0.2) is 0 Å². The first-order valence-corrected chi connectivity index (χ1v) is 14.1. The summed E-state index contributed by atoms with van der Waals surface area (Å²) in [5, 5.41) is 7.88. The summed E-state index contributed by atoms with van der Waals surface area (Å²) in [5.41, 5.74) is 0.